The molecular weight excluding hydrogens is 340 g/mol. The van der Waals surface area contributed by atoms with Crippen molar-refractivity contribution in [3.05, 3.63) is 69.5 Å². The molecule has 1 aliphatic rings. The number of hydrogen-bond donors (Lipinski definition) is 0. The average molecular weight is 350 g/mol. The monoisotopic (exact) mass is 349 g/mol. The Morgan fingerprint density at radius 2 is 1.61 bits per heavy atom. The molecule has 0 atom stereocenters. The lowest BCUT2D eigenvalue weighted by Crippen LogP contribution is -2.31. The molecule has 0 N–H and O–H groups in total. The Hall–Kier alpha value is -2.17. The minimum Gasteiger partial charge on any atom is -0.268 e. The fourth-order valence-corrected chi connectivity index (χ4v) is 2.96. The predicted molar refractivity (Wildman–Crippen MR) is 87.9 cm³/mol. The highest BCUT2D eigenvalue weighted by molar-refractivity contribution is 6.60. The highest BCUT2D eigenvalue weighted by Gasteiger charge is 2.39. The summed E-state index contributed by atoms with van der Waals surface area (Å²) >= 11 is 12.0. The van der Waals surface area contributed by atoms with E-state index in [2.05, 4.69) is 0 Å². The molecule has 2 aromatic rings. The molecule has 0 spiro atoms. The zero-order valence-corrected chi connectivity index (χ0v) is 13.5. The van der Waals surface area contributed by atoms with Crippen LogP contribution in [-0.2, 0) is 9.59 Å². The third-order valence-electron chi connectivity index (χ3n) is 3.56. The van der Waals surface area contributed by atoms with Gasteiger partial charge in [-0.25, -0.2) is 9.29 Å². The molecule has 0 bridgehead atoms. The van der Waals surface area contributed by atoms with Crippen LogP contribution in [0.25, 0.3) is 5.57 Å². The van der Waals surface area contributed by atoms with E-state index in [1.54, 1.807) is 25.1 Å². The van der Waals surface area contributed by atoms with Gasteiger partial charge in [-0.15, -0.1) is 0 Å². The normalized spacial score (nSPS) is 14.9. The van der Waals surface area contributed by atoms with Gasteiger partial charge in [0.15, 0.2) is 0 Å². The van der Waals surface area contributed by atoms with E-state index in [1.807, 2.05) is 0 Å². The van der Waals surface area contributed by atoms with Gasteiger partial charge in [0.05, 0.1) is 11.3 Å². The maximum absolute atomic E-state index is 13.1. The number of nitrogens with zero attached hydrogens (tertiary/aromatic N) is 1. The first kappa shape index (κ1) is 15.7. The quantitative estimate of drug-likeness (QED) is 0.757. The Balaban J connectivity index is 2.07. The number of imide groups is 1. The van der Waals surface area contributed by atoms with Crippen molar-refractivity contribution in [2.24, 2.45) is 0 Å². The molecule has 0 aromatic heterocycles. The molecule has 0 aliphatic carbocycles. The van der Waals surface area contributed by atoms with Crippen LogP contribution in [0.15, 0.2) is 47.5 Å². The van der Waals surface area contributed by atoms with Gasteiger partial charge in [0.1, 0.15) is 10.8 Å². The van der Waals surface area contributed by atoms with Gasteiger partial charge in [0.25, 0.3) is 11.8 Å². The number of benzene rings is 2. The third-order valence-corrected chi connectivity index (χ3v) is 4.15. The van der Waals surface area contributed by atoms with Crippen LogP contribution in [0.4, 0.5) is 10.1 Å². The fraction of sp³-hybridized carbons (Fsp3) is 0.0588. The van der Waals surface area contributed by atoms with Crippen LogP contribution < -0.4 is 4.90 Å². The average Bonchev–Trinajstić information content (AvgIpc) is 2.72. The largest absolute Gasteiger partial charge is 0.277 e. The highest BCUT2D eigenvalue weighted by atomic mass is 35.5. The summed E-state index contributed by atoms with van der Waals surface area (Å²) in [5.41, 5.74) is 1.54. The minimum absolute atomic E-state index is 0.0611. The Kier molecular flexibility index (Phi) is 3.96. The second-order valence-electron chi connectivity index (χ2n) is 5.07. The second-order valence-corrected chi connectivity index (χ2v) is 5.89. The summed E-state index contributed by atoms with van der Waals surface area (Å²) in [4.78, 5) is 26.1. The van der Waals surface area contributed by atoms with E-state index in [1.165, 1.54) is 24.3 Å². The van der Waals surface area contributed by atoms with Crippen molar-refractivity contribution in [1.82, 2.24) is 0 Å². The molecule has 1 aliphatic heterocycles. The maximum Gasteiger partial charge on any atom is 0.277 e. The summed E-state index contributed by atoms with van der Waals surface area (Å²) in [6.07, 6.45) is 0. The SMILES string of the molecule is Cc1cc(Cl)ccc1N1C(=O)C(Cl)=C(c2ccc(F)cc2)C1=O. The predicted octanol–water partition coefficient (Wildman–Crippen LogP) is 4.31. The molecular formula is C17H10Cl2FNO2. The van der Waals surface area contributed by atoms with Crippen molar-refractivity contribution in [2.75, 3.05) is 4.90 Å². The molecule has 3 rings (SSSR count). The smallest absolute Gasteiger partial charge is 0.268 e. The van der Waals surface area contributed by atoms with Gasteiger partial charge >= 0.3 is 0 Å². The molecule has 1 heterocycles. The van der Waals surface area contributed by atoms with Crippen LogP contribution in [0.5, 0.6) is 0 Å². The van der Waals surface area contributed by atoms with Crippen LogP contribution in [0.2, 0.25) is 5.02 Å². The number of anilines is 1. The van der Waals surface area contributed by atoms with Gasteiger partial charge in [-0.2, -0.15) is 0 Å². The molecule has 0 radical (unpaired) electrons. The maximum atomic E-state index is 13.1. The van der Waals surface area contributed by atoms with E-state index >= 15 is 0 Å². The molecule has 23 heavy (non-hydrogen) atoms. The second kappa shape index (κ2) is 5.80. The van der Waals surface area contributed by atoms with Crippen LogP contribution in [0.3, 0.4) is 0 Å². The zero-order valence-electron chi connectivity index (χ0n) is 11.9. The number of aryl methyl sites for hydroxylation is 1. The van der Waals surface area contributed by atoms with Gasteiger partial charge in [-0.05, 0) is 48.4 Å². The summed E-state index contributed by atoms with van der Waals surface area (Å²) in [6.45, 7) is 1.74. The van der Waals surface area contributed by atoms with Gasteiger partial charge in [0.2, 0.25) is 0 Å². The van der Waals surface area contributed by atoms with Crippen molar-refractivity contribution >= 4 is 46.3 Å². The summed E-state index contributed by atoms with van der Waals surface area (Å²) in [5, 5.41) is 0.319. The summed E-state index contributed by atoms with van der Waals surface area (Å²) in [6, 6.07) is 10.1. The number of halogens is 3. The Morgan fingerprint density at radius 1 is 0.957 bits per heavy atom. The molecule has 0 unspecified atom stereocenters. The summed E-state index contributed by atoms with van der Waals surface area (Å²) in [5.74, 6) is -1.59. The first-order valence-corrected chi connectivity index (χ1v) is 7.46. The van der Waals surface area contributed by atoms with E-state index in [0.717, 1.165) is 4.90 Å². The van der Waals surface area contributed by atoms with Crippen molar-refractivity contribution in [1.29, 1.82) is 0 Å². The third kappa shape index (κ3) is 2.64. The first-order chi connectivity index (χ1) is 10.9. The first-order valence-electron chi connectivity index (χ1n) is 6.71. The van der Waals surface area contributed by atoms with Gasteiger partial charge in [-0.3, -0.25) is 9.59 Å². The van der Waals surface area contributed by atoms with Crippen LogP contribution in [-0.4, -0.2) is 11.8 Å². The molecule has 3 nitrogen and oxygen atoms in total. The summed E-state index contributed by atoms with van der Waals surface area (Å²) < 4.78 is 13.1. The molecule has 2 amide bonds. The number of hydrogen-bond acceptors (Lipinski definition) is 2. The van der Waals surface area contributed by atoms with Crippen molar-refractivity contribution in [3.8, 4) is 0 Å². The van der Waals surface area contributed by atoms with Crippen molar-refractivity contribution in [3.63, 3.8) is 0 Å². The fourth-order valence-electron chi connectivity index (χ4n) is 2.46. The van der Waals surface area contributed by atoms with E-state index in [4.69, 9.17) is 23.2 Å². The van der Waals surface area contributed by atoms with Crippen LogP contribution >= 0.6 is 23.2 Å². The molecule has 0 fully saturated rings. The van der Waals surface area contributed by atoms with Gasteiger partial charge in [-0.1, -0.05) is 35.3 Å². The van der Waals surface area contributed by atoms with E-state index in [0.29, 0.717) is 21.8 Å². The van der Waals surface area contributed by atoms with E-state index in [9.17, 15) is 14.0 Å². The zero-order chi connectivity index (χ0) is 16.7. The summed E-state index contributed by atoms with van der Waals surface area (Å²) in [7, 11) is 0. The van der Waals surface area contributed by atoms with Gasteiger partial charge in [0, 0.05) is 5.02 Å². The number of carbonyl (C=O) groups is 2. The lowest BCUT2D eigenvalue weighted by atomic mass is 10.1. The Morgan fingerprint density at radius 3 is 2.22 bits per heavy atom. The van der Waals surface area contributed by atoms with Gasteiger partial charge < -0.3 is 0 Å². The number of rotatable bonds is 2. The highest BCUT2D eigenvalue weighted by Crippen LogP contribution is 2.36. The van der Waals surface area contributed by atoms with Crippen LogP contribution in [0.1, 0.15) is 11.1 Å². The minimum atomic E-state index is -0.610. The molecule has 6 heteroatoms. The van der Waals surface area contributed by atoms with Crippen LogP contribution in [0, 0.1) is 12.7 Å². The Labute approximate surface area is 141 Å². The number of carbonyl (C=O) groups excluding carboxylic acids is 2. The topological polar surface area (TPSA) is 37.4 Å². The van der Waals surface area contributed by atoms with Crippen molar-refractivity contribution < 1.29 is 14.0 Å². The van der Waals surface area contributed by atoms with E-state index in [-0.39, 0.29) is 10.6 Å². The molecule has 0 saturated carbocycles. The van der Waals surface area contributed by atoms with E-state index < -0.39 is 17.6 Å². The molecule has 2 aromatic carbocycles. The standard InChI is InChI=1S/C17H10Cl2FNO2/c1-9-8-11(18)4-7-13(9)21-16(22)14(15(19)17(21)23)10-2-5-12(20)6-3-10/h2-8H,1H3. The lowest BCUT2D eigenvalue weighted by Gasteiger charge is -2.17. The molecule has 0 saturated heterocycles. The lowest BCUT2D eigenvalue weighted by molar-refractivity contribution is -0.119. The molecule has 116 valence electrons. The Bertz CT molecular complexity index is 859. The van der Waals surface area contributed by atoms with Crippen molar-refractivity contribution in [2.45, 2.75) is 6.92 Å². The number of amides is 2.